The van der Waals surface area contributed by atoms with Gasteiger partial charge in [0, 0.05) is 30.8 Å². The predicted octanol–water partition coefficient (Wildman–Crippen LogP) is 2.96. The van der Waals surface area contributed by atoms with Crippen LogP contribution in [0.3, 0.4) is 0 Å². The fourth-order valence-corrected chi connectivity index (χ4v) is 2.33. The average molecular weight is 331 g/mol. The number of benzene rings is 1. The normalized spacial score (nSPS) is 12.1. The van der Waals surface area contributed by atoms with Crippen molar-refractivity contribution in [2.45, 2.75) is 19.1 Å². The first kappa shape index (κ1) is 17.4. The van der Waals surface area contributed by atoms with Crippen molar-refractivity contribution in [2.24, 2.45) is 0 Å². The number of nitrogens with zero attached hydrogens (tertiary/aromatic N) is 2. The summed E-state index contributed by atoms with van der Waals surface area (Å²) in [5.74, 6) is -0.476. The van der Waals surface area contributed by atoms with E-state index in [9.17, 15) is 17.6 Å². The van der Waals surface area contributed by atoms with E-state index in [2.05, 4.69) is 10.2 Å². The van der Waals surface area contributed by atoms with Gasteiger partial charge in [-0.25, -0.2) is 4.39 Å². The third-order valence-corrected chi connectivity index (χ3v) is 3.29. The molecular formula is C15H17F4N3O. The molecule has 0 unspecified atom stereocenters. The number of aliphatic hydroxyl groups excluding tert-OH is 1. The number of nitrogens with one attached hydrogen (secondary N) is 1. The van der Waals surface area contributed by atoms with E-state index < -0.39 is 18.5 Å². The van der Waals surface area contributed by atoms with Gasteiger partial charge in [-0.05, 0) is 18.6 Å². The molecule has 1 heterocycles. The van der Waals surface area contributed by atoms with Crippen LogP contribution in [-0.2, 0) is 6.54 Å². The van der Waals surface area contributed by atoms with Crippen molar-refractivity contribution in [2.75, 3.05) is 19.7 Å². The summed E-state index contributed by atoms with van der Waals surface area (Å²) in [6.45, 7) is -1.26. The molecule has 0 aliphatic rings. The highest BCUT2D eigenvalue weighted by atomic mass is 19.4. The van der Waals surface area contributed by atoms with Crippen LogP contribution in [0.1, 0.15) is 12.0 Å². The first-order valence-corrected chi connectivity index (χ1v) is 7.08. The number of aromatic amines is 1. The monoisotopic (exact) mass is 331 g/mol. The van der Waals surface area contributed by atoms with Crippen LogP contribution in [0.4, 0.5) is 17.6 Å². The van der Waals surface area contributed by atoms with E-state index in [0.29, 0.717) is 11.3 Å². The minimum absolute atomic E-state index is 0.0420. The second-order valence-corrected chi connectivity index (χ2v) is 5.15. The van der Waals surface area contributed by atoms with Gasteiger partial charge in [0.25, 0.3) is 0 Å². The van der Waals surface area contributed by atoms with Gasteiger partial charge in [0.05, 0.1) is 18.4 Å². The Morgan fingerprint density at radius 2 is 1.96 bits per heavy atom. The molecule has 0 fully saturated rings. The van der Waals surface area contributed by atoms with Gasteiger partial charge >= 0.3 is 6.18 Å². The average Bonchev–Trinajstić information content (AvgIpc) is 2.91. The van der Waals surface area contributed by atoms with Crippen LogP contribution in [0, 0.1) is 5.82 Å². The first-order valence-electron chi connectivity index (χ1n) is 7.08. The van der Waals surface area contributed by atoms with Crippen molar-refractivity contribution in [3.8, 4) is 11.3 Å². The summed E-state index contributed by atoms with van der Waals surface area (Å²) in [5.41, 5.74) is 1.09. The van der Waals surface area contributed by atoms with Crippen LogP contribution in [0.5, 0.6) is 0 Å². The molecule has 0 spiro atoms. The molecule has 126 valence electrons. The number of alkyl halides is 3. The Morgan fingerprint density at radius 3 is 2.61 bits per heavy atom. The maximum atomic E-state index is 13.9. The number of aromatic nitrogens is 2. The van der Waals surface area contributed by atoms with Crippen LogP contribution in [0.2, 0.25) is 0 Å². The summed E-state index contributed by atoms with van der Waals surface area (Å²) in [6, 6.07) is 5.99. The Kier molecular flexibility index (Phi) is 5.73. The van der Waals surface area contributed by atoms with Crippen LogP contribution in [0.25, 0.3) is 11.3 Å². The van der Waals surface area contributed by atoms with Crippen molar-refractivity contribution in [1.29, 1.82) is 0 Å². The Morgan fingerprint density at radius 1 is 1.22 bits per heavy atom. The lowest BCUT2D eigenvalue weighted by Gasteiger charge is -2.23. The van der Waals surface area contributed by atoms with Crippen molar-refractivity contribution in [3.63, 3.8) is 0 Å². The standard InChI is InChI=1S/C15H17F4N3O/c16-13-5-2-1-4-12(13)14-11(8-20-21-14)9-22(6-3-7-23)10-15(17,18)19/h1-2,4-5,8,23H,3,6-7,9-10H2,(H,20,21). The van der Waals surface area contributed by atoms with Crippen LogP contribution in [-0.4, -0.2) is 46.1 Å². The van der Waals surface area contributed by atoms with Gasteiger partial charge in [-0.2, -0.15) is 18.3 Å². The Labute approximate surface area is 130 Å². The SMILES string of the molecule is OCCCN(Cc1cn[nH]c1-c1ccccc1F)CC(F)(F)F. The molecule has 0 radical (unpaired) electrons. The number of H-pyrrole nitrogens is 1. The molecule has 1 aromatic carbocycles. The van der Waals surface area contributed by atoms with E-state index in [1.807, 2.05) is 0 Å². The zero-order valence-electron chi connectivity index (χ0n) is 12.3. The minimum atomic E-state index is -4.35. The van der Waals surface area contributed by atoms with Gasteiger partial charge in [0.15, 0.2) is 0 Å². The zero-order valence-corrected chi connectivity index (χ0v) is 12.3. The highest BCUT2D eigenvalue weighted by Gasteiger charge is 2.31. The molecule has 2 N–H and O–H groups in total. The Bertz CT molecular complexity index is 627. The lowest BCUT2D eigenvalue weighted by molar-refractivity contribution is -0.147. The lowest BCUT2D eigenvalue weighted by atomic mass is 10.1. The van der Waals surface area contributed by atoms with E-state index in [-0.39, 0.29) is 31.7 Å². The topological polar surface area (TPSA) is 52.1 Å². The van der Waals surface area contributed by atoms with Crippen molar-refractivity contribution >= 4 is 0 Å². The summed E-state index contributed by atoms with van der Waals surface area (Å²) < 4.78 is 51.9. The maximum absolute atomic E-state index is 13.9. The zero-order chi connectivity index (χ0) is 16.9. The number of hydrogen-bond donors (Lipinski definition) is 2. The van der Waals surface area contributed by atoms with Crippen molar-refractivity contribution < 1.29 is 22.7 Å². The second kappa shape index (κ2) is 7.56. The molecule has 1 aromatic heterocycles. The highest BCUT2D eigenvalue weighted by Crippen LogP contribution is 2.26. The van der Waals surface area contributed by atoms with Crippen LogP contribution in [0.15, 0.2) is 30.5 Å². The van der Waals surface area contributed by atoms with Gasteiger partial charge in [-0.15, -0.1) is 0 Å². The lowest BCUT2D eigenvalue weighted by Crippen LogP contribution is -2.35. The summed E-state index contributed by atoms with van der Waals surface area (Å²) >= 11 is 0. The molecule has 0 amide bonds. The third-order valence-electron chi connectivity index (χ3n) is 3.29. The molecule has 0 bridgehead atoms. The number of halogens is 4. The molecule has 0 saturated heterocycles. The van der Waals surface area contributed by atoms with Crippen molar-refractivity contribution in [3.05, 3.63) is 41.8 Å². The molecule has 8 heteroatoms. The molecule has 0 saturated carbocycles. The summed E-state index contributed by atoms with van der Waals surface area (Å²) in [5, 5.41) is 15.3. The summed E-state index contributed by atoms with van der Waals surface area (Å²) in [4.78, 5) is 1.16. The van der Waals surface area contributed by atoms with E-state index in [0.717, 1.165) is 4.90 Å². The van der Waals surface area contributed by atoms with Crippen molar-refractivity contribution in [1.82, 2.24) is 15.1 Å². The minimum Gasteiger partial charge on any atom is -0.396 e. The number of hydrogen-bond acceptors (Lipinski definition) is 3. The maximum Gasteiger partial charge on any atom is 0.401 e. The fraction of sp³-hybridized carbons (Fsp3) is 0.400. The first-order chi connectivity index (χ1) is 10.9. The largest absolute Gasteiger partial charge is 0.401 e. The van der Waals surface area contributed by atoms with E-state index in [4.69, 9.17) is 5.11 Å². The highest BCUT2D eigenvalue weighted by molar-refractivity contribution is 5.63. The Balaban J connectivity index is 2.21. The predicted molar refractivity (Wildman–Crippen MR) is 77.0 cm³/mol. The summed E-state index contributed by atoms with van der Waals surface area (Å²) in [7, 11) is 0. The van der Waals surface area contributed by atoms with E-state index in [1.165, 1.54) is 24.4 Å². The molecule has 2 rings (SSSR count). The van der Waals surface area contributed by atoms with Gasteiger partial charge in [0.2, 0.25) is 0 Å². The van der Waals surface area contributed by atoms with E-state index in [1.54, 1.807) is 6.07 Å². The fourth-order valence-electron chi connectivity index (χ4n) is 2.33. The number of rotatable bonds is 7. The molecular weight excluding hydrogens is 314 g/mol. The number of aliphatic hydroxyl groups is 1. The Hall–Kier alpha value is -1.93. The van der Waals surface area contributed by atoms with Gasteiger partial charge in [-0.1, -0.05) is 12.1 Å². The van der Waals surface area contributed by atoms with Gasteiger partial charge in [0.1, 0.15) is 5.82 Å². The molecule has 0 aliphatic heterocycles. The van der Waals surface area contributed by atoms with Gasteiger partial charge < -0.3 is 5.11 Å². The molecule has 23 heavy (non-hydrogen) atoms. The third kappa shape index (κ3) is 5.04. The second-order valence-electron chi connectivity index (χ2n) is 5.15. The molecule has 0 atom stereocenters. The molecule has 4 nitrogen and oxygen atoms in total. The van der Waals surface area contributed by atoms with Crippen LogP contribution < -0.4 is 0 Å². The smallest absolute Gasteiger partial charge is 0.396 e. The molecule has 2 aromatic rings. The molecule has 0 aliphatic carbocycles. The quantitative estimate of drug-likeness (QED) is 0.767. The van der Waals surface area contributed by atoms with Gasteiger partial charge in [-0.3, -0.25) is 10.00 Å². The summed E-state index contributed by atoms with van der Waals surface area (Å²) in [6.07, 6.45) is -2.73. The van der Waals surface area contributed by atoms with E-state index >= 15 is 0 Å². The van der Waals surface area contributed by atoms with Crippen LogP contribution >= 0.6 is 0 Å².